The van der Waals surface area contributed by atoms with Crippen LogP contribution in [0.4, 0.5) is 10.1 Å². The molecule has 2 rings (SSSR count). The maximum absolute atomic E-state index is 13.4. The molecule has 0 aliphatic heterocycles. The molecule has 1 aromatic carbocycles. The van der Waals surface area contributed by atoms with E-state index in [1.54, 1.807) is 6.20 Å². The van der Waals surface area contributed by atoms with Gasteiger partial charge in [-0.3, -0.25) is 4.79 Å². The number of aryl methyl sites for hydroxylation is 1. The molecule has 0 saturated carbocycles. The summed E-state index contributed by atoms with van der Waals surface area (Å²) in [4.78, 5) is 15.7. The maximum Gasteiger partial charge on any atom is 0.313 e. The normalized spacial score (nSPS) is 10.5. The lowest BCUT2D eigenvalue weighted by atomic mass is 10.3. The first kappa shape index (κ1) is 13.5. The third-order valence-corrected chi connectivity index (χ3v) is 3.09. The molecule has 0 saturated heterocycles. The Hall–Kier alpha value is -1.89. The van der Waals surface area contributed by atoms with E-state index in [-0.39, 0.29) is 21.8 Å². The van der Waals surface area contributed by atoms with E-state index in [9.17, 15) is 9.18 Å². The number of ether oxygens (including phenoxy) is 1. The Kier molecular flexibility index (Phi) is 3.84. The molecule has 1 heterocycles. The molecule has 5 nitrogen and oxygen atoms in total. The van der Waals surface area contributed by atoms with Gasteiger partial charge in [0.2, 0.25) is 0 Å². The summed E-state index contributed by atoms with van der Waals surface area (Å²) in [6.45, 7) is 2.31. The molecule has 0 amide bonds. The zero-order valence-electron chi connectivity index (χ0n) is 10.1. The van der Waals surface area contributed by atoms with Crippen molar-refractivity contribution in [1.29, 1.82) is 0 Å². The Morgan fingerprint density at radius 3 is 2.95 bits per heavy atom. The molecule has 0 radical (unpaired) electrons. The van der Waals surface area contributed by atoms with Gasteiger partial charge in [0.05, 0.1) is 10.2 Å². The van der Waals surface area contributed by atoms with E-state index in [0.717, 1.165) is 6.07 Å². The molecule has 0 atom stereocenters. The first-order valence-corrected chi connectivity index (χ1v) is 6.30. The van der Waals surface area contributed by atoms with Crippen molar-refractivity contribution in [2.24, 2.45) is 0 Å². The predicted molar refractivity (Wildman–Crippen MR) is 72.8 cm³/mol. The molecular weight excluding hydrogens is 317 g/mol. The van der Waals surface area contributed by atoms with E-state index in [0.29, 0.717) is 6.54 Å². The van der Waals surface area contributed by atoms with Gasteiger partial charge in [-0.2, -0.15) is 0 Å². The molecule has 19 heavy (non-hydrogen) atoms. The summed E-state index contributed by atoms with van der Waals surface area (Å²) in [7, 11) is 0. The first-order valence-electron chi connectivity index (χ1n) is 5.50. The predicted octanol–water partition coefficient (Wildman–Crippen LogP) is 2.54. The number of nitrogens with two attached hydrogens (primary N) is 1. The highest BCUT2D eigenvalue weighted by molar-refractivity contribution is 9.10. The van der Waals surface area contributed by atoms with Crippen LogP contribution in [0.1, 0.15) is 6.92 Å². The lowest BCUT2D eigenvalue weighted by Crippen LogP contribution is -2.20. The second kappa shape index (κ2) is 5.40. The topological polar surface area (TPSA) is 70.1 Å². The Labute approximate surface area is 117 Å². The van der Waals surface area contributed by atoms with E-state index >= 15 is 0 Å². The number of hydrogen-bond acceptors (Lipinski definition) is 4. The molecule has 0 fully saturated rings. The highest BCUT2D eigenvalue weighted by Gasteiger charge is 2.12. The summed E-state index contributed by atoms with van der Waals surface area (Å²) in [6, 6.07) is 2.47. The molecule has 0 unspecified atom stereocenters. The van der Waals surface area contributed by atoms with Crippen LogP contribution in [0.5, 0.6) is 11.6 Å². The summed E-state index contributed by atoms with van der Waals surface area (Å²) < 4.78 is 20.4. The Balaban J connectivity index is 2.42. The summed E-state index contributed by atoms with van der Waals surface area (Å²) in [5, 5.41) is 0. The van der Waals surface area contributed by atoms with Gasteiger partial charge in [-0.1, -0.05) is 0 Å². The average molecular weight is 328 g/mol. The second-order valence-electron chi connectivity index (χ2n) is 3.73. The minimum atomic E-state index is -0.532. The number of halogens is 2. The lowest BCUT2D eigenvalue weighted by molar-refractivity contribution is 0.443. The van der Waals surface area contributed by atoms with Crippen molar-refractivity contribution in [2.45, 2.75) is 13.5 Å². The maximum atomic E-state index is 13.4. The van der Waals surface area contributed by atoms with Crippen molar-refractivity contribution < 1.29 is 9.13 Å². The monoisotopic (exact) mass is 327 g/mol. The van der Waals surface area contributed by atoms with Crippen molar-refractivity contribution >= 4 is 21.6 Å². The van der Waals surface area contributed by atoms with Crippen molar-refractivity contribution in [3.63, 3.8) is 0 Å². The van der Waals surface area contributed by atoms with Gasteiger partial charge in [0.15, 0.2) is 5.75 Å². The van der Waals surface area contributed by atoms with E-state index in [1.165, 1.54) is 16.8 Å². The molecule has 0 aliphatic rings. The number of nitrogens with zero attached hydrogens (tertiary/aromatic N) is 2. The zero-order chi connectivity index (χ0) is 14.0. The Morgan fingerprint density at radius 2 is 2.26 bits per heavy atom. The van der Waals surface area contributed by atoms with E-state index in [1.807, 2.05) is 6.92 Å². The molecule has 0 bridgehead atoms. The SMILES string of the molecule is CCn1ccnc(Oc2cc(F)c(Br)cc2N)c1=O. The minimum absolute atomic E-state index is 0.0548. The Bertz CT molecular complexity index is 673. The minimum Gasteiger partial charge on any atom is -0.432 e. The van der Waals surface area contributed by atoms with Gasteiger partial charge in [-0.15, -0.1) is 0 Å². The van der Waals surface area contributed by atoms with Crippen molar-refractivity contribution in [1.82, 2.24) is 9.55 Å². The van der Waals surface area contributed by atoms with Crippen LogP contribution in [0, 0.1) is 5.82 Å². The van der Waals surface area contributed by atoms with Gasteiger partial charge >= 0.3 is 5.56 Å². The first-order chi connectivity index (χ1) is 9.02. The van der Waals surface area contributed by atoms with Crippen LogP contribution in [0.25, 0.3) is 0 Å². The summed E-state index contributed by atoms with van der Waals surface area (Å²) >= 11 is 3.01. The van der Waals surface area contributed by atoms with Crippen LogP contribution in [0.3, 0.4) is 0 Å². The van der Waals surface area contributed by atoms with Gasteiger partial charge in [0, 0.05) is 25.0 Å². The number of nitrogen functional groups attached to an aromatic ring is 1. The van der Waals surface area contributed by atoms with Gasteiger partial charge in [-0.25, -0.2) is 9.37 Å². The third-order valence-electron chi connectivity index (χ3n) is 2.48. The van der Waals surface area contributed by atoms with Crippen molar-refractivity contribution in [2.75, 3.05) is 5.73 Å². The van der Waals surface area contributed by atoms with Crippen LogP contribution in [-0.4, -0.2) is 9.55 Å². The molecule has 100 valence electrons. The molecule has 1 aromatic heterocycles. The Morgan fingerprint density at radius 1 is 1.53 bits per heavy atom. The number of aromatic nitrogens is 2. The van der Waals surface area contributed by atoms with Crippen LogP contribution in [0.2, 0.25) is 0 Å². The molecule has 0 spiro atoms. The third kappa shape index (κ3) is 2.76. The largest absolute Gasteiger partial charge is 0.432 e. The van der Waals surface area contributed by atoms with Gasteiger partial charge in [-0.05, 0) is 28.9 Å². The fourth-order valence-electron chi connectivity index (χ4n) is 1.48. The smallest absolute Gasteiger partial charge is 0.313 e. The average Bonchev–Trinajstić information content (AvgIpc) is 2.38. The number of rotatable bonds is 3. The standard InChI is InChI=1S/C12H11BrFN3O2/c1-2-17-4-3-16-11(12(17)18)19-10-6-8(14)7(13)5-9(10)15/h3-6H,2,15H2,1H3. The van der Waals surface area contributed by atoms with Crippen LogP contribution < -0.4 is 16.0 Å². The van der Waals surface area contributed by atoms with E-state index < -0.39 is 11.4 Å². The number of anilines is 1. The van der Waals surface area contributed by atoms with Gasteiger partial charge in [0.1, 0.15) is 5.82 Å². The zero-order valence-corrected chi connectivity index (χ0v) is 11.6. The van der Waals surface area contributed by atoms with Gasteiger partial charge in [0.25, 0.3) is 5.88 Å². The molecule has 0 aliphatic carbocycles. The lowest BCUT2D eigenvalue weighted by Gasteiger charge is -2.09. The fourth-order valence-corrected chi connectivity index (χ4v) is 1.84. The fraction of sp³-hybridized carbons (Fsp3) is 0.167. The summed E-state index contributed by atoms with van der Waals surface area (Å²) in [5.74, 6) is -0.618. The highest BCUT2D eigenvalue weighted by atomic mass is 79.9. The van der Waals surface area contributed by atoms with E-state index in [4.69, 9.17) is 10.5 Å². The molecule has 2 N–H and O–H groups in total. The van der Waals surface area contributed by atoms with Crippen molar-refractivity contribution in [3.8, 4) is 11.6 Å². The quantitative estimate of drug-likeness (QED) is 0.879. The van der Waals surface area contributed by atoms with Crippen LogP contribution >= 0.6 is 15.9 Å². The summed E-state index contributed by atoms with van der Waals surface area (Å²) in [6.07, 6.45) is 2.98. The highest BCUT2D eigenvalue weighted by Crippen LogP contribution is 2.30. The summed E-state index contributed by atoms with van der Waals surface area (Å²) in [5.41, 5.74) is 5.51. The molecule has 2 aromatic rings. The van der Waals surface area contributed by atoms with E-state index in [2.05, 4.69) is 20.9 Å². The van der Waals surface area contributed by atoms with Crippen LogP contribution in [0.15, 0.2) is 33.8 Å². The van der Waals surface area contributed by atoms with Crippen LogP contribution in [-0.2, 0) is 6.54 Å². The molecule has 7 heteroatoms. The van der Waals surface area contributed by atoms with Crippen molar-refractivity contribution in [3.05, 3.63) is 45.2 Å². The number of benzene rings is 1. The van der Waals surface area contributed by atoms with Gasteiger partial charge < -0.3 is 15.0 Å². The number of hydrogen-bond donors (Lipinski definition) is 1. The second-order valence-corrected chi connectivity index (χ2v) is 4.58. The molecular formula is C12H11BrFN3O2.